The second kappa shape index (κ2) is 6.42. The summed E-state index contributed by atoms with van der Waals surface area (Å²) >= 11 is 5.83. The van der Waals surface area contributed by atoms with Gasteiger partial charge in [-0.25, -0.2) is 0 Å². The van der Waals surface area contributed by atoms with E-state index in [1.165, 1.54) is 6.42 Å². The fourth-order valence-corrected chi connectivity index (χ4v) is 3.26. The fourth-order valence-electron chi connectivity index (χ4n) is 2.95. The van der Waals surface area contributed by atoms with Crippen molar-refractivity contribution in [1.29, 1.82) is 0 Å². The third-order valence-electron chi connectivity index (χ3n) is 4.02. The molecule has 1 aromatic rings. The monoisotopic (exact) mass is 279 g/mol. The van der Waals surface area contributed by atoms with Crippen molar-refractivity contribution >= 4 is 17.5 Å². The summed E-state index contributed by atoms with van der Waals surface area (Å²) < 4.78 is 0. The maximum Gasteiger partial charge on any atom is 0.254 e. The molecule has 1 saturated heterocycles. The zero-order valence-corrected chi connectivity index (χ0v) is 12.5. The van der Waals surface area contributed by atoms with Crippen LogP contribution in [0.4, 0.5) is 0 Å². The zero-order chi connectivity index (χ0) is 13.8. The van der Waals surface area contributed by atoms with Crippen molar-refractivity contribution in [3.8, 4) is 0 Å². The van der Waals surface area contributed by atoms with Crippen molar-refractivity contribution in [2.45, 2.75) is 33.1 Å². The lowest BCUT2D eigenvalue weighted by molar-refractivity contribution is 0.0670. The summed E-state index contributed by atoms with van der Waals surface area (Å²) in [6, 6.07) is 6.04. The van der Waals surface area contributed by atoms with Crippen LogP contribution >= 0.6 is 11.6 Å². The molecule has 1 fully saturated rings. The Hall–Kier alpha value is -1.02. The van der Waals surface area contributed by atoms with Crippen LogP contribution in [0.3, 0.4) is 0 Å². The topological polar surface area (TPSA) is 20.3 Å². The predicted molar refractivity (Wildman–Crippen MR) is 79.9 cm³/mol. The van der Waals surface area contributed by atoms with E-state index >= 15 is 0 Å². The Balaban J connectivity index is 2.15. The second-order valence-electron chi connectivity index (χ2n) is 5.50. The summed E-state index contributed by atoms with van der Waals surface area (Å²) in [6.07, 6.45) is 3.31. The maximum absolute atomic E-state index is 12.7. The first-order valence-electron chi connectivity index (χ1n) is 7.05. The highest BCUT2D eigenvalue weighted by Gasteiger charge is 2.25. The van der Waals surface area contributed by atoms with Gasteiger partial charge >= 0.3 is 0 Å². The number of nitrogens with zero attached hydrogens (tertiary/aromatic N) is 1. The molecule has 1 amide bonds. The average molecular weight is 280 g/mol. The fraction of sp³-hybridized carbons (Fsp3) is 0.562. The molecule has 1 unspecified atom stereocenters. The van der Waals surface area contributed by atoms with Crippen molar-refractivity contribution in [2.75, 3.05) is 19.0 Å². The molecule has 3 heteroatoms. The molecule has 1 aliphatic rings. The Labute approximate surface area is 120 Å². The lowest BCUT2D eigenvalue weighted by Crippen LogP contribution is -2.40. The highest BCUT2D eigenvalue weighted by atomic mass is 35.5. The molecule has 1 aromatic carbocycles. The molecule has 1 aliphatic heterocycles. The minimum atomic E-state index is 0.190. The molecule has 1 heterocycles. The lowest BCUT2D eigenvalue weighted by Gasteiger charge is -2.33. The summed E-state index contributed by atoms with van der Waals surface area (Å²) in [5, 5.41) is 0. The first-order valence-corrected chi connectivity index (χ1v) is 7.58. The van der Waals surface area contributed by atoms with Gasteiger partial charge in [0.1, 0.15) is 0 Å². The molecule has 2 nitrogen and oxygen atoms in total. The number of halogens is 1. The SMILES string of the molecule is Cc1cccc(C)c1C(=O)N1CCCC(CCCl)C1. The number of alkyl halides is 1. The minimum Gasteiger partial charge on any atom is -0.338 e. The lowest BCUT2D eigenvalue weighted by atomic mass is 9.94. The number of hydrogen-bond donors (Lipinski definition) is 0. The summed E-state index contributed by atoms with van der Waals surface area (Å²) in [5.41, 5.74) is 3.03. The first kappa shape index (κ1) is 14.4. The number of benzene rings is 1. The van der Waals surface area contributed by atoms with E-state index in [-0.39, 0.29) is 5.91 Å². The number of carbonyl (C=O) groups excluding carboxylic acids is 1. The van der Waals surface area contributed by atoms with Crippen molar-refractivity contribution in [1.82, 2.24) is 4.90 Å². The molecule has 0 radical (unpaired) electrons. The van der Waals surface area contributed by atoms with Gasteiger partial charge in [0, 0.05) is 24.5 Å². The molecular formula is C16H22ClNO. The van der Waals surface area contributed by atoms with E-state index in [2.05, 4.69) is 0 Å². The number of aryl methyl sites for hydroxylation is 2. The normalized spacial score (nSPS) is 19.5. The van der Waals surface area contributed by atoms with Gasteiger partial charge in [0.05, 0.1) is 0 Å². The van der Waals surface area contributed by atoms with Gasteiger partial charge in [-0.3, -0.25) is 4.79 Å². The van der Waals surface area contributed by atoms with E-state index < -0.39 is 0 Å². The highest BCUT2D eigenvalue weighted by Crippen LogP contribution is 2.23. The molecule has 19 heavy (non-hydrogen) atoms. The smallest absolute Gasteiger partial charge is 0.254 e. The van der Waals surface area contributed by atoms with Crippen LogP contribution in [0.15, 0.2) is 18.2 Å². The Morgan fingerprint density at radius 2 is 2.05 bits per heavy atom. The number of likely N-dealkylation sites (tertiary alicyclic amines) is 1. The van der Waals surface area contributed by atoms with E-state index in [0.717, 1.165) is 42.6 Å². The molecular weight excluding hydrogens is 258 g/mol. The van der Waals surface area contributed by atoms with Crippen LogP contribution in [-0.2, 0) is 0 Å². The van der Waals surface area contributed by atoms with Crippen LogP contribution in [0.1, 0.15) is 40.7 Å². The average Bonchev–Trinajstić information content (AvgIpc) is 2.39. The highest BCUT2D eigenvalue weighted by molar-refractivity contribution is 6.17. The third kappa shape index (κ3) is 3.30. The van der Waals surface area contributed by atoms with Crippen LogP contribution < -0.4 is 0 Å². The Morgan fingerprint density at radius 1 is 1.37 bits per heavy atom. The minimum absolute atomic E-state index is 0.190. The van der Waals surface area contributed by atoms with Gasteiger partial charge < -0.3 is 4.90 Å². The summed E-state index contributed by atoms with van der Waals surface area (Å²) in [4.78, 5) is 14.7. The van der Waals surface area contributed by atoms with Crippen molar-refractivity contribution in [3.05, 3.63) is 34.9 Å². The van der Waals surface area contributed by atoms with Crippen molar-refractivity contribution in [2.24, 2.45) is 5.92 Å². The van der Waals surface area contributed by atoms with Crippen LogP contribution in [0.2, 0.25) is 0 Å². The standard InChI is InChI=1S/C16H22ClNO/c1-12-5-3-6-13(2)15(12)16(19)18-10-4-7-14(11-18)8-9-17/h3,5-6,14H,4,7-11H2,1-2H3. The molecule has 0 saturated carbocycles. The van der Waals surface area contributed by atoms with Crippen LogP contribution in [0, 0.1) is 19.8 Å². The van der Waals surface area contributed by atoms with E-state index in [4.69, 9.17) is 11.6 Å². The van der Waals surface area contributed by atoms with Gasteiger partial charge in [-0.2, -0.15) is 0 Å². The quantitative estimate of drug-likeness (QED) is 0.771. The number of amides is 1. The second-order valence-corrected chi connectivity index (χ2v) is 5.88. The van der Waals surface area contributed by atoms with Gasteiger partial charge in [0.25, 0.3) is 5.91 Å². The molecule has 2 rings (SSSR count). The number of rotatable bonds is 3. The molecule has 0 bridgehead atoms. The molecule has 104 valence electrons. The number of hydrogen-bond acceptors (Lipinski definition) is 1. The van der Waals surface area contributed by atoms with Gasteiger partial charge in [-0.05, 0) is 50.2 Å². The maximum atomic E-state index is 12.7. The summed E-state index contributed by atoms with van der Waals surface area (Å²) in [7, 11) is 0. The summed E-state index contributed by atoms with van der Waals surface area (Å²) in [5.74, 6) is 1.45. The van der Waals surface area contributed by atoms with E-state index in [1.54, 1.807) is 0 Å². The van der Waals surface area contributed by atoms with E-state index in [0.29, 0.717) is 11.8 Å². The van der Waals surface area contributed by atoms with Crippen molar-refractivity contribution in [3.63, 3.8) is 0 Å². The first-order chi connectivity index (χ1) is 9.13. The van der Waals surface area contributed by atoms with Gasteiger partial charge in [0.2, 0.25) is 0 Å². The number of carbonyl (C=O) groups is 1. The van der Waals surface area contributed by atoms with Crippen molar-refractivity contribution < 1.29 is 4.79 Å². The Bertz CT molecular complexity index is 436. The van der Waals surface area contributed by atoms with Gasteiger partial charge in [-0.15, -0.1) is 11.6 Å². The molecule has 0 aliphatic carbocycles. The van der Waals surface area contributed by atoms with Gasteiger partial charge in [0.15, 0.2) is 0 Å². The van der Waals surface area contributed by atoms with Crippen LogP contribution in [0.25, 0.3) is 0 Å². The summed E-state index contributed by atoms with van der Waals surface area (Å²) in [6.45, 7) is 5.77. The molecule has 0 N–H and O–H groups in total. The Morgan fingerprint density at radius 3 is 2.68 bits per heavy atom. The van der Waals surface area contributed by atoms with E-state index in [1.807, 2.05) is 36.9 Å². The van der Waals surface area contributed by atoms with E-state index in [9.17, 15) is 4.79 Å². The Kier molecular flexibility index (Phi) is 4.87. The number of piperidine rings is 1. The zero-order valence-electron chi connectivity index (χ0n) is 11.8. The molecule has 1 atom stereocenters. The molecule has 0 aromatic heterocycles. The molecule has 0 spiro atoms. The van der Waals surface area contributed by atoms with Crippen LogP contribution in [-0.4, -0.2) is 29.8 Å². The van der Waals surface area contributed by atoms with Crippen LogP contribution in [0.5, 0.6) is 0 Å². The predicted octanol–water partition coefficient (Wildman–Crippen LogP) is 3.78. The largest absolute Gasteiger partial charge is 0.338 e. The van der Waals surface area contributed by atoms with Gasteiger partial charge in [-0.1, -0.05) is 18.2 Å². The third-order valence-corrected chi connectivity index (χ3v) is 4.24.